The van der Waals surface area contributed by atoms with Crippen molar-refractivity contribution in [3.8, 4) is 34.3 Å². The minimum Gasteiger partial charge on any atom is -0.423 e. The van der Waals surface area contributed by atoms with Crippen LogP contribution in [-0.2, 0) is 0 Å². The van der Waals surface area contributed by atoms with Crippen molar-refractivity contribution in [1.29, 1.82) is 0 Å². The number of aromatic nitrogens is 7. The summed E-state index contributed by atoms with van der Waals surface area (Å²) >= 11 is 0. The summed E-state index contributed by atoms with van der Waals surface area (Å²) in [5.74, 6) is 1.98. The van der Waals surface area contributed by atoms with Crippen LogP contribution in [0, 0.1) is 6.92 Å². The molecule has 3 aromatic carbocycles. The van der Waals surface area contributed by atoms with Crippen LogP contribution in [0.4, 0.5) is 11.4 Å². The molecule has 0 bridgehead atoms. The van der Waals surface area contributed by atoms with Crippen molar-refractivity contribution in [2.75, 3.05) is 11.5 Å². The van der Waals surface area contributed by atoms with E-state index < -0.39 is 0 Å². The lowest BCUT2D eigenvalue weighted by Crippen LogP contribution is -1.96. The number of benzene rings is 3. The van der Waals surface area contributed by atoms with Crippen LogP contribution in [0.3, 0.4) is 0 Å². The lowest BCUT2D eigenvalue weighted by molar-refractivity contribution is 0.568. The zero-order valence-electron chi connectivity index (χ0n) is 21.3. The number of aryl methyl sites for hydroxylation is 1. The van der Waals surface area contributed by atoms with Crippen molar-refractivity contribution in [3.05, 3.63) is 97.5 Å². The predicted octanol–water partition coefficient (Wildman–Crippen LogP) is 5.23. The molecule has 1 saturated carbocycles. The first-order valence-corrected chi connectivity index (χ1v) is 12.3. The first-order chi connectivity index (χ1) is 19.1. The van der Waals surface area contributed by atoms with Crippen molar-refractivity contribution in [1.82, 2.24) is 35.2 Å². The monoisotopic (exact) mass is 521 g/mol. The van der Waals surface area contributed by atoms with Gasteiger partial charge >= 0.3 is 0 Å². The predicted molar refractivity (Wildman–Crippen MR) is 147 cm³/mol. The van der Waals surface area contributed by atoms with Gasteiger partial charge in [-0.25, -0.2) is 0 Å². The third-order valence-corrected chi connectivity index (χ3v) is 5.78. The average Bonchev–Trinajstić information content (AvgIpc) is 3.38. The summed E-state index contributed by atoms with van der Waals surface area (Å²) in [6, 6.07) is 23.6. The Bertz CT molecular complexity index is 1530. The van der Waals surface area contributed by atoms with Crippen molar-refractivity contribution in [2.24, 2.45) is 0 Å². The Morgan fingerprint density at radius 1 is 0.692 bits per heavy atom. The SMILES string of the molecule is Cc1cccc(-c2nnco2)c1.Nc1cccc(-c2nncn2C2CC2)c1.Nc1cccc(-c2nnco2)c1. The van der Waals surface area contributed by atoms with E-state index in [2.05, 4.69) is 35.2 Å². The number of nitrogens with two attached hydrogens (primary N) is 2. The summed E-state index contributed by atoms with van der Waals surface area (Å²) in [5.41, 5.74) is 16.8. The first kappa shape index (κ1) is 25.3. The summed E-state index contributed by atoms with van der Waals surface area (Å²) in [6.07, 6.45) is 6.88. The fraction of sp³-hybridized carbons (Fsp3) is 0.143. The molecule has 1 aliphatic rings. The van der Waals surface area contributed by atoms with E-state index in [1.54, 1.807) is 18.5 Å². The van der Waals surface area contributed by atoms with E-state index in [4.69, 9.17) is 20.3 Å². The Morgan fingerprint density at radius 3 is 1.79 bits per heavy atom. The lowest BCUT2D eigenvalue weighted by atomic mass is 10.1. The van der Waals surface area contributed by atoms with Gasteiger partial charge in [0, 0.05) is 34.1 Å². The van der Waals surface area contributed by atoms with Crippen LogP contribution in [0.2, 0.25) is 0 Å². The van der Waals surface area contributed by atoms with E-state index >= 15 is 0 Å². The van der Waals surface area contributed by atoms with E-state index in [9.17, 15) is 0 Å². The number of hydrogen-bond donors (Lipinski definition) is 2. The molecule has 0 saturated heterocycles. The smallest absolute Gasteiger partial charge is 0.247 e. The Morgan fingerprint density at radius 2 is 1.26 bits per heavy atom. The summed E-state index contributed by atoms with van der Waals surface area (Å²) in [4.78, 5) is 0. The highest BCUT2D eigenvalue weighted by Crippen LogP contribution is 2.37. The molecule has 1 aliphatic carbocycles. The number of nitrogen functional groups attached to an aromatic ring is 2. The minimum atomic E-state index is 0.488. The Kier molecular flexibility index (Phi) is 7.68. The van der Waals surface area contributed by atoms with Crippen molar-refractivity contribution in [2.45, 2.75) is 25.8 Å². The number of hydrogen-bond acceptors (Lipinski definition) is 10. The third-order valence-electron chi connectivity index (χ3n) is 5.78. The highest BCUT2D eigenvalue weighted by molar-refractivity contribution is 5.61. The molecule has 1 fully saturated rings. The van der Waals surface area contributed by atoms with E-state index in [0.29, 0.717) is 23.5 Å². The van der Waals surface area contributed by atoms with Gasteiger partial charge in [0.2, 0.25) is 24.6 Å². The second kappa shape index (κ2) is 11.8. The molecule has 0 amide bonds. The molecule has 0 atom stereocenters. The fourth-order valence-electron chi connectivity index (χ4n) is 3.79. The summed E-state index contributed by atoms with van der Waals surface area (Å²) in [7, 11) is 0. The van der Waals surface area contributed by atoms with Gasteiger partial charge in [-0.1, -0.05) is 35.9 Å². The van der Waals surface area contributed by atoms with Gasteiger partial charge in [0.05, 0.1) is 0 Å². The van der Waals surface area contributed by atoms with Gasteiger partial charge in [-0.2, -0.15) is 0 Å². The van der Waals surface area contributed by atoms with Crippen LogP contribution in [0.25, 0.3) is 34.3 Å². The van der Waals surface area contributed by atoms with Gasteiger partial charge < -0.3 is 24.9 Å². The van der Waals surface area contributed by atoms with Gasteiger partial charge in [0.1, 0.15) is 6.33 Å². The molecule has 196 valence electrons. The zero-order chi connectivity index (χ0) is 27.0. The molecule has 0 unspecified atom stereocenters. The molecule has 11 nitrogen and oxygen atoms in total. The van der Waals surface area contributed by atoms with Gasteiger partial charge in [0.15, 0.2) is 5.82 Å². The Balaban J connectivity index is 0.000000120. The molecular formula is C28H27N9O2. The summed E-state index contributed by atoms with van der Waals surface area (Å²) < 4.78 is 12.2. The van der Waals surface area contributed by atoms with E-state index in [1.807, 2.05) is 67.6 Å². The average molecular weight is 522 g/mol. The second-order valence-electron chi connectivity index (χ2n) is 8.90. The van der Waals surface area contributed by atoms with Crippen molar-refractivity contribution < 1.29 is 8.83 Å². The molecular weight excluding hydrogens is 494 g/mol. The topological polar surface area (TPSA) is 161 Å². The molecule has 3 aromatic heterocycles. The summed E-state index contributed by atoms with van der Waals surface area (Å²) in [6.45, 7) is 2.03. The number of anilines is 2. The molecule has 7 rings (SSSR count). The van der Waals surface area contributed by atoms with Crippen LogP contribution >= 0.6 is 0 Å². The number of rotatable bonds is 4. The van der Waals surface area contributed by atoms with E-state index in [0.717, 1.165) is 28.2 Å². The van der Waals surface area contributed by atoms with Crippen LogP contribution in [0.5, 0.6) is 0 Å². The molecule has 3 heterocycles. The highest BCUT2D eigenvalue weighted by Gasteiger charge is 2.26. The standard InChI is InChI=1S/C11H12N4.C9H8N2O.C8H7N3O/c12-9-3-1-2-8(6-9)11-14-13-7-15(11)10-4-5-10;1-7-3-2-4-8(5-7)9-11-10-6-12-9;9-7-3-1-2-6(4-7)8-11-10-5-12-8/h1-3,6-7,10H,4-5,12H2;2-6H,1H3;1-5H,9H2. The Labute approximate surface area is 224 Å². The minimum absolute atomic E-state index is 0.488. The molecule has 0 aliphatic heterocycles. The molecule has 0 spiro atoms. The van der Waals surface area contributed by atoms with Gasteiger partial charge in [-0.05, 0) is 62.2 Å². The highest BCUT2D eigenvalue weighted by atomic mass is 16.4. The van der Waals surface area contributed by atoms with E-state index in [1.165, 1.54) is 31.2 Å². The molecule has 0 radical (unpaired) electrons. The van der Waals surface area contributed by atoms with Crippen LogP contribution in [0.1, 0.15) is 24.4 Å². The summed E-state index contributed by atoms with van der Waals surface area (Å²) in [5, 5.41) is 22.9. The Hall–Kier alpha value is -5.32. The van der Waals surface area contributed by atoms with Crippen LogP contribution in [0.15, 0.2) is 101 Å². The molecule has 4 N–H and O–H groups in total. The second-order valence-corrected chi connectivity index (χ2v) is 8.90. The first-order valence-electron chi connectivity index (χ1n) is 12.3. The van der Waals surface area contributed by atoms with Crippen molar-refractivity contribution in [3.63, 3.8) is 0 Å². The van der Waals surface area contributed by atoms with E-state index in [-0.39, 0.29) is 0 Å². The molecule has 6 aromatic rings. The molecule has 11 heteroatoms. The van der Waals surface area contributed by atoms with Crippen LogP contribution < -0.4 is 11.5 Å². The maximum absolute atomic E-state index is 5.75. The van der Waals surface area contributed by atoms with Gasteiger partial charge in [-0.15, -0.1) is 30.6 Å². The third kappa shape index (κ3) is 6.72. The maximum atomic E-state index is 5.75. The maximum Gasteiger partial charge on any atom is 0.247 e. The molecule has 39 heavy (non-hydrogen) atoms. The van der Waals surface area contributed by atoms with Crippen molar-refractivity contribution >= 4 is 11.4 Å². The van der Waals surface area contributed by atoms with Gasteiger partial charge in [0.25, 0.3) is 0 Å². The largest absolute Gasteiger partial charge is 0.423 e. The normalized spacial score (nSPS) is 12.1. The van der Waals surface area contributed by atoms with Crippen LogP contribution in [-0.4, -0.2) is 35.2 Å². The lowest BCUT2D eigenvalue weighted by Gasteiger charge is -2.04. The van der Waals surface area contributed by atoms with Gasteiger partial charge in [-0.3, -0.25) is 0 Å². The quantitative estimate of drug-likeness (QED) is 0.294. The fourth-order valence-corrected chi connectivity index (χ4v) is 3.79. The zero-order valence-corrected chi connectivity index (χ0v) is 21.3. The number of nitrogens with zero attached hydrogens (tertiary/aromatic N) is 7.